The van der Waals surface area contributed by atoms with Gasteiger partial charge in [-0.2, -0.15) is 0 Å². The van der Waals surface area contributed by atoms with E-state index in [4.69, 9.17) is 9.47 Å². The van der Waals surface area contributed by atoms with Crippen molar-refractivity contribution in [1.82, 2.24) is 10.2 Å². The molecule has 0 bridgehead atoms. The molecular formula is C18H28IN3O3. The van der Waals surface area contributed by atoms with E-state index in [9.17, 15) is 4.79 Å². The maximum absolute atomic E-state index is 11.8. The Hall–Kier alpha value is -1.51. The molecule has 0 spiro atoms. The lowest BCUT2D eigenvalue weighted by atomic mass is 9.99. The number of esters is 1. The van der Waals surface area contributed by atoms with Gasteiger partial charge in [-0.05, 0) is 30.0 Å². The van der Waals surface area contributed by atoms with Crippen LogP contribution in [0, 0.1) is 18.8 Å². The van der Waals surface area contributed by atoms with E-state index in [0.29, 0.717) is 13.1 Å². The van der Waals surface area contributed by atoms with Gasteiger partial charge in [-0.1, -0.05) is 19.1 Å². The molecule has 1 aromatic carbocycles. The molecule has 140 valence electrons. The van der Waals surface area contributed by atoms with Crippen molar-refractivity contribution in [2.75, 3.05) is 34.4 Å². The highest BCUT2D eigenvalue weighted by molar-refractivity contribution is 14.0. The summed E-state index contributed by atoms with van der Waals surface area (Å²) < 4.78 is 10.3. The summed E-state index contributed by atoms with van der Waals surface area (Å²) in [4.78, 5) is 18.3. The largest absolute Gasteiger partial charge is 0.496 e. The number of rotatable bonds is 4. The van der Waals surface area contributed by atoms with Crippen molar-refractivity contribution < 1.29 is 14.3 Å². The van der Waals surface area contributed by atoms with Crippen LogP contribution in [0.15, 0.2) is 23.2 Å². The second kappa shape index (κ2) is 9.84. The van der Waals surface area contributed by atoms with Gasteiger partial charge in [0.2, 0.25) is 0 Å². The zero-order valence-electron chi connectivity index (χ0n) is 15.5. The molecule has 1 fully saturated rings. The fourth-order valence-electron chi connectivity index (χ4n) is 3.09. The standard InChI is InChI=1S/C18H27N3O3.HI/c1-12-6-7-14(8-16(12)23-4)9-20-18(19-3)21-10-13(2)15(11-21)17(22)24-5;/h6-8,13,15H,9-11H2,1-5H3,(H,19,20);1H. The van der Waals surface area contributed by atoms with E-state index in [1.165, 1.54) is 7.11 Å². The Kier molecular flexibility index (Phi) is 8.47. The molecule has 2 rings (SSSR count). The number of aliphatic imine (C=N–C) groups is 1. The molecule has 1 aromatic rings. The highest BCUT2D eigenvalue weighted by Crippen LogP contribution is 2.24. The lowest BCUT2D eigenvalue weighted by molar-refractivity contribution is -0.145. The number of hydrogen-bond acceptors (Lipinski definition) is 4. The summed E-state index contributed by atoms with van der Waals surface area (Å²) in [6.07, 6.45) is 0. The third-order valence-electron chi connectivity index (χ3n) is 4.55. The molecular weight excluding hydrogens is 433 g/mol. The van der Waals surface area contributed by atoms with Gasteiger partial charge in [0.25, 0.3) is 0 Å². The first-order valence-corrected chi connectivity index (χ1v) is 8.17. The minimum absolute atomic E-state index is 0. The monoisotopic (exact) mass is 461 g/mol. The molecule has 1 heterocycles. The van der Waals surface area contributed by atoms with Crippen LogP contribution in [0.2, 0.25) is 0 Å². The lowest BCUT2D eigenvalue weighted by Crippen LogP contribution is -2.40. The topological polar surface area (TPSA) is 63.2 Å². The van der Waals surface area contributed by atoms with Crippen LogP contribution >= 0.6 is 24.0 Å². The van der Waals surface area contributed by atoms with Gasteiger partial charge in [-0.15, -0.1) is 24.0 Å². The first-order valence-electron chi connectivity index (χ1n) is 8.17. The Morgan fingerprint density at radius 1 is 1.36 bits per heavy atom. The predicted octanol–water partition coefficient (Wildman–Crippen LogP) is 2.44. The first-order chi connectivity index (χ1) is 11.5. The first kappa shape index (κ1) is 21.5. The molecule has 6 nitrogen and oxygen atoms in total. The predicted molar refractivity (Wildman–Crippen MR) is 110 cm³/mol. The van der Waals surface area contributed by atoms with Crippen LogP contribution < -0.4 is 10.1 Å². The minimum Gasteiger partial charge on any atom is -0.496 e. The number of nitrogens with one attached hydrogen (secondary N) is 1. The van der Waals surface area contributed by atoms with Crippen LogP contribution in [-0.2, 0) is 16.1 Å². The summed E-state index contributed by atoms with van der Waals surface area (Å²) in [5, 5.41) is 3.36. The van der Waals surface area contributed by atoms with Crippen molar-refractivity contribution in [3.05, 3.63) is 29.3 Å². The Morgan fingerprint density at radius 3 is 2.68 bits per heavy atom. The zero-order valence-corrected chi connectivity index (χ0v) is 17.9. The molecule has 0 radical (unpaired) electrons. The number of hydrogen-bond donors (Lipinski definition) is 1. The zero-order chi connectivity index (χ0) is 17.7. The number of likely N-dealkylation sites (tertiary alicyclic amines) is 1. The molecule has 2 atom stereocenters. The van der Waals surface area contributed by atoms with Gasteiger partial charge >= 0.3 is 5.97 Å². The number of ether oxygens (including phenoxy) is 2. The van der Waals surface area contributed by atoms with Crippen molar-refractivity contribution in [3.63, 3.8) is 0 Å². The van der Waals surface area contributed by atoms with Crippen LogP contribution in [0.5, 0.6) is 5.75 Å². The number of halogens is 1. The van der Waals surface area contributed by atoms with Crippen molar-refractivity contribution >= 4 is 35.9 Å². The van der Waals surface area contributed by atoms with E-state index in [1.807, 2.05) is 19.1 Å². The quantitative estimate of drug-likeness (QED) is 0.323. The molecule has 7 heteroatoms. The van der Waals surface area contributed by atoms with Crippen LogP contribution in [0.1, 0.15) is 18.1 Å². The van der Waals surface area contributed by atoms with Crippen LogP contribution in [-0.4, -0.2) is 51.2 Å². The third-order valence-corrected chi connectivity index (χ3v) is 4.55. The van der Waals surface area contributed by atoms with Crippen molar-refractivity contribution in [2.24, 2.45) is 16.8 Å². The summed E-state index contributed by atoms with van der Waals surface area (Å²) in [7, 11) is 4.88. The van der Waals surface area contributed by atoms with Gasteiger partial charge in [0.15, 0.2) is 5.96 Å². The van der Waals surface area contributed by atoms with Gasteiger partial charge in [0.1, 0.15) is 5.75 Å². The molecule has 0 amide bonds. The highest BCUT2D eigenvalue weighted by atomic mass is 127. The molecule has 1 aliphatic heterocycles. The molecule has 0 aliphatic carbocycles. The number of aryl methyl sites for hydroxylation is 1. The minimum atomic E-state index is -0.149. The normalized spacial score (nSPS) is 20.0. The Labute approximate surface area is 167 Å². The summed E-state index contributed by atoms with van der Waals surface area (Å²) in [6.45, 7) is 6.16. The summed E-state index contributed by atoms with van der Waals surface area (Å²) >= 11 is 0. The molecule has 25 heavy (non-hydrogen) atoms. The second-order valence-electron chi connectivity index (χ2n) is 6.22. The van der Waals surface area contributed by atoms with Crippen molar-refractivity contribution in [3.8, 4) is 5.75 Å². The molecule has 0 aromatic heterocycles. The Bertz CT molecular complexity index is 622. The molecule has 1 saturated heterocycles. The van der Waals surface area contributed by atoms with Crippen LogP contribution in [0.25, 0.3) is 0 Å². The van der Waals surface area contributed by atoms with Gasteiger partial charge in [-0.25, -0.2) is 0 Å². The van der Waals surface area contributed by atoms with Gasteiger partial charge in [0.05, 0.1) is 20.1 Å². The average Bonchev–Trinajstić information content (AvgIpc) is 2.97. The Balaban J connectivity index is 0.00000312. The lowest BCUT2D eigenvalue weighted by Gasteiger charge is -2.21. The maximum Gasteiger partial charge on any atom is 0.310 e. The molecule has 0 saturated carbocycles. The number of methoxy groups -OCH3 is 2. The van der Waals surface area contributed by atoms with E-state index < -0.39 is 0 Å². The van der Waals surface area contributed by atoms with E-state index in [0.717, 1.165) is 29.4 Å². The van der Waals surface area contributed by atoms with E-state index in [-0.39, 0.29) is 41.8 Å². The molecule has 2 unspecified atom stereocenters. The number of benzene rings is 1. The third kappa shape index (κ3) is 5.23. The summed E-state index contributed by atoms with van der Waals surface area (Å²) in [5.74, 6) is 1.67. The van der Waals surface area contributed by atoms with E-state index in [1.54, 1.807) is 14.2 Å². The Morgan fingerprint density at radius 2 is 2.08 bits per heavy atom. The molecule has 1 aliphatic rings. The van der Waals surface area contributed by atoms with Gasteiger partial charge < -0.3 is 19.7 Å². The second-order valence-corrected chi connectivity index (χ2v) is 6.22. The smallest absolute Gasteiger partial charge is 0.310 e. The van der Waals surface area contributed by atoms with Crippen LogP contribution in [0.4, 0.5) is 0 Å². The number of nitrogens with zero attached hydrogens (tertiary/aromatic N) is 2. The van der Waals surface area contributed by atoms with E-state index >= 15 is 0 Å². The van der Waals surface area contributed by atoms with Crippen molar-refractivity contribution in [2.45, 2.75) is 20.4 Å². The van der Waals surface area contributed by atoms with E-state index in [2.05, 4.69) is 28.2 Å². The highest BCUT2D eigenvalue weighted by Gasteiger charge is 2.36. The number of carbonyl (C=O) groups is 1. The SMILES string of the molecule is CN=C(NCc1ccc(C)c(OC)c1)N1CC(C)C(C(=O)OC)C1.I. The van der Waals surface area contributed by atoms with Crippen molar-refractivity contribution in [1.29, 1.82) is 0 Å². The average molecular weight is 461 g/mol. The maximum atomic E-state index is 11.8. The summed E-state index contributed by atoms with van der Waals surface area (Å²) in [5.41, 5.74) is 2.23. The fraction of sp³-hybridized carbons (Fsp3) is 0.556. The number of guanidine groups is 1. The molecule has 1 N–H and O–H groups in total. The van der Waals surface area contributed by atoms with Gasteiger partial charge in [-0.3, -0.25) is 9.79 Å². The number of carbonyl (C=O) groups excluding carboxylic acids is 1. The summed E-state index contributed by atoms with van der Waals surface area (Å²) in [6, 6.07) is 6.14. The fourth-order valence-corrected chi connectivity index (χ4v) is 3.09. The van der Waals surface area contributed by atoms with Crippen LogP contribution in [0.3, 0.4) is 0 Å². The van der Waals surface area contributed by atoms with Gasteiger partial charge in [0, 0.05) is 26.7 Å².